The molecular weight excluding hydrogens is 150 g/mol. The van der Waals surface area contributed by atoms with Crippen molar-refractivity contribution in [2.75, 3.05) is 0 Å². The predicted molar refractivity (Wildman–Crippen MR) is 37.2 cm³/mol. The first kappa shape index (κ1) is 8.07. The number of hydrogen-bond acceptors (Lipinski definition) is 2. The summed E-state index contributed by atoms with van der Waals surface area (Å²) < 4.78 is 23.9. The van der Waals surface area contributed by atoms with E-state index in [1.807, 2.05) is 0 Å². The highest BCUT2D eigenvalue weighted by Gasteiger charge is 2.17. The van der Waals surface area contributed by atoms with Crippen LogP contribution in [-0.2, 0) is 0 Å². The minimum Gasteiger partial charge on any atom is -0.318 e. The third-order valence-electron chi connectivity index (χ3n) is 1.30. The lowest BCUT2D eigenvalue weighted by Crippen LogP contribution is -2.19. The molecule has 0 saturated carbocycles. The Bertz CT molecular complexity index is 213. The average molecular weight is 158 g/mol. The number of rotatable bonds is 2. The van der Waals surface area contributed by atoms with Gasteiger partial charge in [-0.2, -0.15) is 0 Å². The highest BCUT2D eigenvalue weighted by atomic mass is 19.3. The van der Waals surface area contributed by atoms with E-state index in [0.717, 1.165) is 0 Å². The van der Waals surface area contributed by atoms with Gasteiger partial charge in [0, 0.05) is 6.20 Å². The quantitative estimate of drug-likeness (QED) is 0.705. The van der Waals surface area contributed by atoms with Crippen LogP contribution in [0.5, 0.6) is 0 Å². The van der Waals surface area contributed by atoms with E-state index in [1.165, 1.54) is 12.3 Å². The van der Waals surface area contributed by atoms with Crippen molar-refractivity contribution in [2.24, 2.45) is 5.73 Å². The van der Waals surface area contributed by atoms with Gasteiger partial charge in [-0.05, 0) is 12.1 Å². The van der Waals surface area contributed by atoms with Crippen molar-refractivity contribution in [1.82, 2.24) is 4.98 Å². The maximum atomic E-state index is 11.9. The Balaban J connectivity index is 2.77. The summed E-state index contributed by atoms with van der Waals surface area (Å²) in [5.41, 5.74) is 5.35. The standard InChI is InChI=1S/C7H8F2N2/c8-7(9)6(10)5-3-1-2-4-11-5/h1-4,6-7H,10H2/t6-/m0/s1. The van der Waals surface area contributed by atoms with Crippen LogP contribution >= 0.6 is 0 Å². The molecule has 60 valence electrons. The number of alkyl halides is 2. The molecule has 1 aromatic heterocycles. The van der Waals surface area contributed by atoms with Gasteiger partial charge < -0.3 is 5.73 Å². The van der Waals surface area contributed by atoms with E-state index in [4.69, 9.17) is 5.73 Å². The monoisotopic (exact) mass is 158 g/mol. The van der Waals surface area contributed by atoms with Gasteiger partial charge in [0.25, 0.3) is 6.43 Å². The maximum absolute atomic E-state index is 11.9. The van der Waals surface area contributed by atoms with Crippen molar-refractivity contribution in [3.8, 4) is 0 Å². The molecule has 0 aliphatic heterocycles. The molecular formula is C7H8F2N2. The molecule has 11 heavy (non-hydrogen) atoms. The van der Waals surface area contributed by atoms with Crippen LogP contribution in [0.1, 0.15) is 11.7 Å². The van der Waals surface area contributed by atoms with Gasteiger partial charge in [-0.15, -0.1) is 0 Å². The zero-order valence-corrected chi connectivity index (χ0v) is 5.74. The van der Waals surface area contributed by atoms with Gasteiger partial charge in [0.2, 0.25) is 0 Å². The summed E-state index contributed by atoms with van der Waals surface area (Å²) in [6.45, 7) is 0. The Morgan fingerprint density at radius 2 is 2.09 bits per heavy atom. The Kier molecular flexibility index (Phi) is 2.48. The molecule has 0 saturated heterocycles. The predicted octanol–water partition coefficient (Wildman–Crippen LogP) is 1.35. The minimum absolute atomic E-state index is 0.225. The summed E-state index contributed by atoms with van der Waals surface area (Å²) in [7, 11) is 0. The highest BCUT2D eigenvalue weighted by molar-refractivity contribution is 5.08. The summed E-state index contributed by atoms with van der Waals surface area (Å²) in [5, 5.41) is 0. The molecule has 1 rings (SSSR count). The molecule has 0 amide bonds. The number of halogens is 2. The van der Waals surface area contributed by atoms with Gasteiger partial charge in [-0.3, -0.25) is 4.98 Å². The number of pyridine rings is 1. The van der Waals surface area contributed by atoms with Crippen molar-refractivity contribution >= 4 is 0 Å². The summed E-state index contributed by atoms with van der Waals surface area (Å²) in [5.74, 6) is 0. The van der Waals surface area contributed by atoms with E-state index in [9.17, 15) is 8.78 Å². The second-order valence-electron chi connectivity index (χ2n) is 2.11. The lowest BCUT2D eigenvalue weighted by molar-refractivity contribution is 0.114. The minimum atomic E-state index is -2.55. The van der Waals surface area contributed by atoms with E-state index in [2.05, 4.69) is 4.98 Å². The molecule has 1 atom stereocenters. The van der Waals surface area contributed by atoms with Gasteiger partial charge >= 0.3 is 0 Å². The van der Waals surface area contributed by atoms with Gasteiger partial charge in [-0.25, -0.2) is 8.78 Å². The van der Waals surface area contributed by atoms with Gasteiger partial charge in [0.05, 0.1) is 5.69 Å². The lowest BCUT2D eigenvalue weighted by Gasteiger charge is -2.07. The Morgan fingerprint density at radius 1 is 1.36 bits per heavy atom. The third kappa shape index (κ3) is 1.94. The van der Waals surface area contributed by atoms with E-state index < -0.39 is 12.5 Å². The molecule has 1 aromatic rings. The molecule has 0 aliphatic carbocycles. The molecule has 0 fully saturated rings. The van der Waals surface area contributed by atoms with E-state index in [0.29, 0.717) is 0 Å². The second kappa shape index (κ2) is 3.39. The average Bonchev–Trinajstić information content (AvgIpc) is 2.05. The van der Waals surface area contributed by atoms with Crippen LogP contribution in [0.25, 0.3) is 0 Å². The second-order valence-corrected chi connectivity index (χ2v) is 2.11. The zero-order chi connectivity index (χ0) is 8.27. The first-order valence-electron chi connectivity index (χ1n) is 3.16. The molecule has 2 nitrogen and oxygen atoms in total. The van der Waals surface area contributed by atoms with Crippen molar-refractivity contribution in [1.29, 1.82) is 0 Å². The van der Waals surface area contributed by atoms with Crippen LogP contribution in [0.15, 0.2) is 24.4 Å². The van der Waals surface area contributed by atoms with Crippen molar-refractivity contribution < 1.29 is 8.78 Å². The fourth-order valence-corrected chi connectivity index (χ4v) is 0.702. The number of hydrogen-bond donors (Lipinski definition) is 1. The molecule has 0 aliphatic rings. The molecule has 1 heterocycles. The summed E-state index contributed by atoms with van der Waals surface area (Å²) in [6.07, 6.45) is -1.11. The van der Waals surface area contributed by atoms with Crippen molar-refractivity contribution in [3.63, 3.8) is 0 Å². The lowest BCUT2D eigenvalue weighted by atomic mass is 10.2. The molecule has 0 aromatic carbocycles. The van der Waals surface area contributed by atoms with Crippen LogP contribution in [0, 0.1) is 0 Å². The first-order valence-corrected chi connectivity index (χ1v) is 3.16. The molecule has 0 bridgehead atoms. The smallest absolute Gasteiger partial charge is 0.259 e. The normalized spacial score (nSPS) is 13.5. The van der Waals surface area contributed by atoms with Crippen LogP contribution in [-0.4, -0.2) is 11.4 Å². The molecule has 0 unspecified atom stereocenters. The number of nitrogens with zero attached hydrogens (tertiary/aromatic N) is 1. The number of aromatic nitrogens is 1. The largest absolute Gasteiger partial charge is 0.318 e. The van der Waals surface area contributed by atoms with E-state index in [-0.39, 0.29) is 5.69 Å². The van der Waals surface area contributed by atoms with Crippen LogP contribution < -0.4 is 5.73 Å². The van der Waals surface area contributed by atoms with Gasteiger partial charge in [-0.1, -0.05) is 6.07 Å². The Morgan fingerprint density at radius 3 is 2.55 bits per heavy atom. The third-order valence-corrected chi connectivity index (χ3v) is 1.30. The maximum Gasteiger partial charge on any atom is 0.259 e. The van der Waals surface area contributed by atoms with E-state index in [1.54, 1.807) is 12.1 Å². The van der Waals surface area contributed by atoms with Crippen LogP contribution in [0.3, 0.4) is 0 Å². The van der Waals surface area contributed by atoms with Crippen LogP contribution in [0.4, 0.5) is 8.78 Å². The molecule has 0 radical (unpaired) electrons. The van der Waals surface area contributed by atoms with Gasteiger partial charge in [0.15, 0.2) is 0 Å². The number of nitrogens with two attached hydrogens (primary N) is 1. The van der Waals surface area contributed by atoms with Gasteiger partial charge in [0.1, 0.15) is 6.04 Å². The van der Waals surface area contributed by atoms with Crippen molar-refractivity contribution in [2.45, 2.75) is 12.5 Å². The fraction of sp³-hybridized carbons (Fsp3) is 0.286. The van der Waals surface area contributed by atoms with Crippen molar-refractivity contribution in [3.05, 3.63) is 30.1 Å². The molecule has 0 spiro atoms. The highest BCUT2D eigenvalue weighted by Crippen LogP contribution is 2.14. The molecule has 4 heteroatoms. The zero-order valence-electron chi connectivity index (χ0n) is 5.74. The topological polar surface area (TPSA) is 38.9 Å². The molecule has 2 N–H and O–H groups in total. The SMILES string of the molecule is N[C@@H](c1ccccn1)C(F)F. The summed E-state index contributed by atoms with van der Waals surface area (Å²) in [6, 6.07) is 3.50. The Hall–Kier alpha value is -1.03. The Labute approximate surface area is 63.1 Å². The van der Waals surface area contributed by atoms with Crippen LogP contribution in [0.2, 0.25) is 0 Å². The fourth-order valence-electron chi connectivity index (χ4n) is 0.702. The summed E-state index contributed by atoms with van der Waals surface area (Å²) in [4.78, 5) is 3.69. The first-order chi connectivity index (χ1) is 5.22. The summed E-state index contributed by atoms with van der Waals surface area (Å²) >= 11 is 0. The van der Waals surface area contributed by atoms with E-state index >= 15 is 0 Å².